The maximum absolute atomic E-state index is 12.6. The largest absolute Gasteiger partial charge is 0.354 e. The van der Waals surface area contributed by atoms with Crippen LogP contribution in [-0.4, -0.2) is 24.1 Å². The summed E-state index contributed by atoms with van der Waals surface area (Å²) >= 11 is 5.92. The van der Waals surface area contributed by atoms with E-state index in [0.717, 1.165) is 12.0 Å². The van der Waals surface area contributed by atoms with E-state index < -0.39 is 6.17 Å². The minimum atomic E-state index is -0.632. The zero-order chi connectivity index (χ0) is 22.1. The number of nitrogens with two attached hydrogens (primary N) is 2. The first kappa shape index (κ1) is 23.4. The molecule has 0 aliphatic rings. The molecule has 2 rings (SSSR count). The summed E-state index contributed by atoms with van der Waals surface area (Å²) in [4.78, 5) is 17.1. The second-order valence-corrected chi connectivity index (χ2v) is 7.48. The van der Waals surface area contributed by atoms with Crippen molar-refractivity contribution >= 4 is 23.5 Å². The lowest BCUT2D eigenvalue weighted by molar-refractivity contribution is 0.0975. The number of nitriles is 1. The summed E-state index contributed by atoms with van der Waals surface area (Å²) in [6, 6.07) is 15.5. The van der Waals surface area contributed by atoms with Gasteiger partial charge in [-0.1, -0.05) is 36.7 Å². The van der Waals surface area contributed by atoms with E-state index in [-0.39, 0.29) is 24.0 Å². The van der Waals surface area contributed by atoms with Gasteiger partial charge in [0.25, 0.3) is 5.91 Å². The molecule has 7 nitrogen and oxygen atoms in total. The molecule has 30 heavy (non-hydrogen) atoms. The van der Waals surface area contributed by atoms with Crippen molar-refractivity contribution in [2.75, 3.05) is 0 Å². The first-order valence-corrected chi connectivity index (χ1v) is 10.1. The number of amides is 1. The molecule has 0 radical (unpaired) electrons. The first-order valence-electron chi connectivity index (χ1n) is 9.74. The Balaban J connectivity index is 2.13. The van der Waals surface area contributed by atoms with Crippen molar-refractivity contribution in [2.45, 2.75) is 44.9 Å². The predicted molar refractivity (Wildman–Crippen MR) is 120 cm³/mol. The molecule has 2 aromatic rings. The Morgan fingerprint density at radius 3 is 2.57 bits per heavy atom. The van der Waals surface area contributed by atoms with Gasteiger partial charge in [-0.05, 0) is 49.2 Å². The van der Waals surface area contributed by atoms with Gasteiger partial charge in [0.1, 0.15) is 6.17 Å². The minimum Gasteiger partial charge on any atom is -0.354 e. The van der Waals surface area contributed by atoms with Crippen LogP contribution in [0.15, 0.2) is 53.5 Å². The minimum absolute atomic E-state index is 0.0756. The number of guanidine groups is 1. The quantitative estimate of drug-likeness (QED) is 0.399. The molecule has 3 atom stereocenters. The van der Waals surface area contributed by atoms with Crippen LogP contribution in [-0.2, 0) is 0 Å². The monoisotopic (exact) mass is 426 g/mol. The topological polar surface area (TPSA) is 129 Å². The SMILES string of the molecule is CCC(C)NC(=NC(N)CC(N)c1ccc(Cl)cc1)NC(=O)c1cccc(C#N)c1. The summed E-state index contributed by atoms with van der Waals surface area (Å²) in [5.41, 5.74) is 14.1. The van der Waals surface area contributed by atoms with Gasteiger partial charge in [0.2, 0.25) is 0 Å². The molecular formula is C22H27ClN6O. The molecule has 1 amide bonds. The number of hydrogen-bond donors (Lipinski definition) is 4. The van der Waals surface area contributed by atoms with Gasteiger partial charge >= 0.3 is 0 Å². The van der Waals surface area contributed by atoms with Crippen LogP contribution in [0.3, 0.4) is 0 Å². The van der Waals surface area contributed by atoms with Crippen molar-refractivity contribution in [1.29, 1.82) is 5.26 Å². The van der Waals surface area contributed by atoms with Crippen molar-refractivity contribution in [2.24, 2.45) is 16.5 Å². The summed E-state index contributed by atoms with van der Waals surface area (Å²) < 4.78 is 0. The molecule has 3 unspecified atom stereocenters. The molecule has 2 aromatic carbocycles. The third-order valence-corrected chi connectivity index (χ3v) is 4.82. The lowest BCUT2D eigenvalue weighted by Crippen LogP contribution is -2.46. The molecule has 6 N–H and O–H groups in total. The maximum Gasteiger partial charge on any atom is 0.257 e. The molecule has 158 valence electrons. The summed E-state index contributed by atoms with van der Waals surface area (Å²) in [5.74, 6) is -0.108. The molecule has 0 bridgehead atoms. The van der Waals surface area contributed by atoms with Crippen LogP contribution in [0.25, 0.3) is 0 Å². The van der Waals surface area contributed by atoms with E-state index in [0.29, 0.717) is 22.6 Å². The number of halogens is 1. The van der Waals surface area contributed by atoms with Gasteiger partial charge < -0.3 is 16.8 Å². The first-order chi connectivity index (χ1) is 14.3. The number of nitrogens with zero attached hydrogens (tertiary/aromatic N) is 2. The highest BCUT2D eigenvalue weighted by atomic mass is 35.5. The molecule has 0 aliphatic carbocycles. The van der Waals surface area contributed by atoms with Crippen LogP contribution in [0.4, 0.5) is 0 Å². The number of hydrogen-bond acceptors (Lipinski definition) is 5. The third-order valence-electron chi connectivity index (χ3n) is 4.57. The van der Waals surface area contributed by atoms with Gasteiger partial charge in [-0.3, -0.25) is 10.1 Å². The van der Waals surface area contributed by atoms with Gasteiger partial charge in [0, 0.05) is 29.1 Å². The molecule has 8 heteroatoms. The highest BCUT2D eigenvalue weighted by Gasteiger charge is 2.15. The van der Waals surface area contributed by atoms with E-state index >= 15 is 0 Å². The van der Waals surface area contributed by atoms with Gasteiger partial charge in [0.05, 0.1) is 11.6 Å². The summed E-state index contributed by atoms with van der Waals surface area (Å²) in [6.45, 7) is 3.99. The van der Waals surface area contributed by atoms with Crippen LogP contribution >= 0.6 is 11.6 Å². The fraction of sp³-hybridized carbons (Fsp3) is 0.318. The van der Waals surface area contributed by atoms with Gasteiger partial charge in [0.15, 0.2) is 5.96 Å². The lowest BCUT2D eigenvalue weighted by Gasteiger charge is -2.20. The van der Waals surface area contributed by atoms with E-state index in [4.69, 9.17) is 28.3 Å². The van der Waals surface area contributed by atoms with Crippen LogP contribution in [0, 0.1) is 11.3 Å². The summed E-state index contributed by atoms with van der Waals surface area (Å²) in [6.07, 6.45) is 0.582. The Morgan fingerprint density at radius 1 is 1.23 bits per heavy atom. The smallest absolute Gasteiger partial charge is 0.257 e. The van der Waals surface area contributed by atoms with E-state index in [1.807, 2.05) is 32.0 Å². The van der Waals surface area contributed by atoms with Gasteiger partial charge in [-0.25, -0.2) is 4.99 Å². The second kappa shape index (κ2) is 11.3. The molecule has 0 aromatic heterocycles. The predicted octanol–water partition coefficient (Wildman–Crippen LogP) is 3.06. The highest BCUT2D eigenvalue weighted by molar-refractivity contribution is 6.30. The Kier molecular flexibility index (Phi) is 8.81. The molecule has 0 aliphatic heterocycles. The van der Waals surface area contributed by atoms with Crippen molar-refractivity contribution in [3.8, 4) is 6.07 Å². The fourth-order valence-electron chi connectivity index (χ4n) is 2.68. The molecule has 0 saturated carbocycles. The Hall–Kier alpha value is -2.92. The molecule has 0 spiro atoms. The second-order valence-electron chi connectivity index (χ2n) is 7.04. The Morgan fingerprint density at radius 2 is 1.93 bits per heavy atom. The zero-order valence-electron chi connectivity index (χ0n) is 17.1. The third kappa shape index (κ3) is 7.16. The summed E-state index contributed by atoms with van der Waals surface area (Å²) in [7, 11) is 0. The Labute approximate surface area is 182 Å². The Bertz CT molecular complexity index is 922. The average Bonchev–Trinajstić information content (AvgIpc) is 2.73. The van der Waals surface area contributed by atoms with E-state index in [2.05, 4.69) is 15.6 Å². The number of rotatable bonds is 7. The normalized spacial score (nSPS) is 14.3. The van der Waals surface area contributed by atoms with Crippen LogP contribution in [0.5, 0.6) is 0 Å². The van der Waals surface area contributed by atoms with Gasteiger partial charge in [-0.2, -0.15) is 5.26 Å². The van der Waals surface area contributed by atoms with Gasteiger partial charge in [-0.15, -0.1) is 0 Å². The van der Waals surface area contributed by atoms with Crippen molar-refractivity contribution < 1.29 is 4.79 Å². The van der Waals surface area contributed by atoms with E-state index in [1.165, 1.54) is 6.07 Å². The van der Waals surface area contributed by atoms with E-state index in [9.17, 15) is 4.79 Å². The number of nitrogens with one attached hydrogen (secondary N) is 2. The number of aliphatic imine (C=N–C) groups is 1. The zero-order valence-corrected chi connectivity index (χ0v) is 17.9. The number of carbonyl (C=O) groups excluding carboxylic acids is 1. The van der Waals surface area contributed by atoms with E-state index in [1.54, 1.807) is 30.3 Å². The lowest BCUT2D eigenvalue weighted by atomic mass is 10.0. The number of carbonyl (C=O) groups is 1. The fourth-order valence-corrected chi connectivity index (χ4v) is 2.80. The van der Waals surface area contributed by atoms with Crippen molar-refractivity contribution in [3.63, 3.8) is 0 Å². The number of benzene rings is 2. The highest BCUT2D eigenvalue weighted by Crippen LogP contribution is 2.18. The van der Waals surface area contributed by atoms with Crippen LogP contribution < -0.4 is 22.1 Å². The molecular weight excluding hydrogens is 400 g/mol. The molecule has 0 fully saturated rings. The molecule has 0 saturated heterocycles. The van der Waals surface area contributed by atoms with Crippen LogP contribution in [0.1, 0.15) is 54.2 Å². The summed E-state index contributed by atoms with van der Waals surface area (Å²) in [5, 5.41) is 15.6. The standard InChI is InChI=1S/C22H27ClN6O/c1-3-14(2)27-22(29-21(30)17-6-4-5-15(11-17)13-24)28-20(26)12-19(25)16-7-9-18(23)10-8-16/h4-11,14,19-20H,3,12,25-26H2,1-2H3,(H2,27,28,29,30). The van der Waals surface area contributed by atoms with Crippen molar-refractivity contribution in [1.82, 2.24) is 10.6 Å². The molecule has 0 heterocycles. The van der Waals surface area contributed by atoms with Crippen LogP contribution in [0.2, 0.25) is 5.02 Å². The van der Waals surface area contributed by atoms with Crippen molar-refractivity contribution in [3.05, 3.63) is 70.2 Å². The maximum atomic E-state index is 12.6. The average molecular weight is 427 g/mol.